The molecule has 1 atom stereocenters. The van der Waals surface area contributed by atoms with E-state index in [1.165, 1.54) is 0 Å². The van der Waals surface area contributed by atoms with Crippen LogP contribution >= 0.6 is 0 Å². The van der Waals surface area contributed by atoms with Crippen molar-refractivity contribution in [2.45, 2.75) is 39.6 Å². The highest BCUT2D eigenvalue weighted by molar-refractivity contribution is 4.88. The van der Waals surface area contributed by atoms with Crippen molar-refractivity contribution < 1.29 is 19.7 Å². The molecule has 0 radical (unpaired) electrons. The van der Waals surface area contributed by atoms with Gasteiger partial charge in [0.1, 0.15) is 0 Å². The molecule has 0 saturated carbocycles. The minimum absolute atomic E-state index is 0.00912. The van der Waals surface area contributed by atoms with Crippen molar-refractivity contribution in [3.05, 3.63) is 10.1 Å². The zero-order valence-corrected chi connectivity index (χ0v) is 8.72. The Labute approximate surface area is 82.2 Å². The highest BCUT2D eigenvalue weighted by Crippen LogP contribution is 2.44. The van der Waals surface area contributed by atoms with Crippen LogP contribution in [-0.2, 0) is 14.6 Å². The molecule has 82 valence electrons. The van der Waals surface area contributed by atoms with Crippen molar-refractivity contribution in [3.63, 3.8) is 0 Å². The molecule has 1 unspecified atom stereocenters. The Morgan fingerprint density at radius 3 is 2.00 bits per heavy atom. The molecule has 0 aromatic carbocycles. The maximum absolute atomic E-state index is 10.3. The number of nitrogens with zero attached hydrogens (tertiary/aromatic N) is 1. The lowest BCUT2D eigenvalue weighted by atomic mass is 9.91. The lowest BCUT2D eigenvalue weighted by molar-refractivity contribution is -0.773. The van der Waals surface area contributed by atoms with Gasteiger partial charge in [-0.25, -0.2) is 0 Å². The van der Waals surface area contributed by atoms with Gasteiger partial charge in [0.15, 0.2) is 6.10 Å². The summed E-state index contributed by atoms with van der Waals surface area (Å²) in [5, 5.41) is 9.48. The van der Waals surface area contributed by atoms with Gasteiger partial charge in [0.25, 0.3) is 10.9 Å². The summed E-state index contributed by atoms with van der Waals surface area (Å²) >= 11 is 0. The van der Waals surface area contributed by atoms with E-state index in [-0.39, 0.29) is 11.8 Å². The largest absolute Gasteiger partial charge is 0.304 e. The molecular formula is C8H15NO5. The monoisotopic (exact) mass is 205 g/mol. The molecular weight excluding hydrogens is 190 g/mol. The molecule has 0 aromatic rings. The van der Waals surface area contributed by atoms with Gasteiger partial charge in [0, 0.05) is 5.92 Å². The van der Waals surface area contributed by atoms with Gasteiger partial charge in [-0.1, -0.05) is 27.7 Å². The first-order valence-corrected chi connectivity index (χ1v) is 4.58. The summed E-state index contributed by atoms with van der Waals surface area (Å²) in [6.07, 6.45) is -0.683. The van der Waals surface area contributed by atoms with Crippen LogP contribution in [0.5, 0.6) is 0 Å². The molecule has 0 N–H and O–H groups in total. The third-order valence-electron chi connectivity index (χ3n) is 2.28. The summed E-state index contributed by atoms with van der Waals surface area (Å²) in [5.41, 5.74) is 0. The summed E-state index contributed by atoms with van der Waals surface area (Å²) in [4.78, 5) is 24.6. The average Bonchev–Trinajstić information content (AvgIpc) is 2.79. The zero-order valence-electron chi connectivity index (χ0n) is 8.72. The number of hydrogen-bond donors (Lipinski definition) is 0. The van der Waals surface area contributed by atoms with Gasteiger partial charge >= 0.3 is 0 Å². The molecule has 1 saturated heterocycles. The Bertz CT molecular complexity index is 224. The zero-order chi connectivity index (χ0) is 10.9. The Kier molecular flexibility index (Phi) is 2.96. The minimum atomic E-state index is -0.943. The predicted molar refractivity (Wildman–Crippen MR) is 46.4 cm³/mol. The van der Waals surface area contributed by atoms with Gasteiger partial charge in [-0.3, -0.25) is 0 Å². The molecule has 1 rings (SSSR count). The smallest absolute Gasteiger partial charge is 0.294 e. The molecule has 0 aliphatic carbocycles. The fraction of sp³-hybridized carbons (Fsp3) is 1.00. The van der Waals surface area contributed by atoms with Gasteiger partial charge in [0.05, 0.1) is 0 Å². The Balaban J connectivity index is 2.72. The van der Waals surface area contributed by atoms with E-state index in [4.69, 9.17) is 9.78 Å². The molecule has 0 amide bonds. The summed E-state index contributed by atoms with van der Waals surface area (Å²) < 4.78 is 0. The molecule has 1 aliphatic rings. The van der Waals surface area contributed by atoms with Crippen LogP contribution in [0.25, 0.3) is 0 Å². The topological polar surface area (TPSA) is 77.4 Å². The van der Waals surface area contributed by atoms with Crippen molar-refractivity contribution in [1.29, 1.82) is 0 Å². The molecule has 0 bridgehead atoms. The SMILES string of the molecule is CC(C)C(O[N+](=O)[O-])C1(C(C)C)OO1. The van der Waals surface area contributed by atoms with Crippen LogP contribution in [0.3, 0.4) is 0 Å². The normalized spacial score (nSPS) is 21.0. The van der Waals surface area contributed by atoms with E-state index in [0.717, 1.165) is 0 Å². The molecule has 0 aromatic heterocycles. The van der Waals surface area contributed by atoms with Crippen LogP contribution in [0.4, 0.5) is 0 Å². The van der Waals surface area contributed by atoms with Gasteiger partial charge in [0.2, 0.25) is 0 Å². The molecule has 6 nitrogen and oxygen atoms in total. The predicted octanol–water partition coefficient (Wildman–Crippen LogP) is 1.53. The van der Waals surface area contributed by atoms with E-state index in [1.54, 1.807) is 0 Å². The van der Waals surface area contributed by atoms with Crippen molar-refractivity contribution in [2.75, 3.05) is 0 Å². The second kappa shape index (κ2) is 3.70. The second-order valence-corrected chi connectivity index (χ2v) is 4.04. The summed E-state index contributed by atoms with van der Waals surface area (Å²) in [6.45, 7) is 7.38. The molecule has 1 aliphatic heterocycles. The fourth-order valence-electron chi connectivity index (χ4n) is 1.42. The van der Waals surface area contributed by atoms with Crippen LogP contribution in [0.15, 0.2) is 0 Å². The highest BCUT2D eigenvalue weighted by Gasteiger charge is 2.61. The van der Waals surface area contributed by atoms with Gasteiger partial charge < -0.3 is 4.84 Å². The minimum Gasteiger partial charge on any atom is -0.304 e. The second-order valence-electron chi connectivity index (χ2n) is 4.04. The first-order valence-electron chi connectivity index (χ1n) is 4.58. The van der Waals surface area contributed by atoms with E-state index in [0.29, 0.717) is 0 Å². The van der Waals surface area contributed by atoms with E-state index >= 15 is 0 Å². The van der Waals surface area contributed by atoms with Crippen molar-refractivity contribution >= 4 is 0 Å². The first-order chi connectivity index (χ1) is 6.40. The Hall–Kier alpha value is -0.880. The number of rotatable bonds is 5. The fourth-order valence-corrected chi connectivity index (χ4v) is 1.42. The average molecular weight is 205 g/mol. The third-order valence-corrected chi connectivity index (χ3v) is 2.28. The molecule has 14 heavy (non-hydrogen) atoms. The van der Waals surface area contributed by atoms with Crippen LogP contribution in [0.2, 0.25) is 0 Å². The maximum Gasteiger partial charge on any atom is 0.294 e. The van der Waals surface area contributed by atoms with Crippen molar-refractivity contribution in [3.8, 4) is 0 Å². The highest BCUT2D eigenvalue weighted by atomic mass is 17.4. The van der Waals surface area contributed by atoms with Crippen LogP contribution in [-0.4, -0.2) is 17.0 Å². The van der Waals surface area contributed by atoms with Gasteiger partial charge in [-0.15, -0.1) is 10.1 Å². The first kappa shape index (κ1) is 11.2. The van der Waals surface area contributed by atoms with Crippen molar-refractivity contribution in [2.24, 2.45) is 11.8 Å². The summed E-state index contributed by atoms with van der Waals surface area (Å²) in [6, 6.07) is 0. The Morgan fingerprint density at radius 1 is 1.29 bits per heavy atom. The third kappa shape index (κ3) is 1.96. The lowest BCUT2D eigenvalue weighted by Gasteiger charge is -2.24. The number of hydrogen-bond acceptors (Lipinski definition) is 5. The van der Waals surface area contributed by atoms with E-state index in [1.807, 2.05) is 27.7 Å². The van der Waals surface area contributed by atoms with Crippen LogP contribution in [0.1, 0.15) is 27.7 Å². The van der Waals surface area contributed by atoms with Crippen LogP contribution < -0.4 is 0 Å². The van der Waals surface area contributed by atoms with Gasteiger partial charge in [-0.05, 0) is 5.92 Å². The van der Waals surface area contributed by atoms with E-state index in [2.05, 4.69) is 4.84 Å². The molecule has 1 heterocycles. The quantitative estimate of drug-likeness (QED) is 0.294. The maximum atomic E-state index is 10.3. The lowest BCUT2D eigenvalue weighted by Crippen LogP contribution is -2.41. The Morgan fingerprint density at radius 2 is 1.79 bits per heavy atom. The molecule has 6 heteroatoms. The summed E-state index contributed by atoms with van der Waals surface area (Å²) in [7, 11) is 0. The standard InChI is InChI=1S/C8H15NO5/c1-5(2)7(12-9(10)11)8(6(3)4)13-14-8/h5-7H,1-4H3. The van der Waals surface area contributed by atoms with Crippen LogP contribution in [0, 0.1) is 22.0 Å². The van der Waals surface area contributed by atoms with E-state index < -0.39 is 17.0 Å². The summed E-state index contributed by atoms with van der Waals surface area (Å²) in [5.74, 6) is -0.985. The molecule has 1 fully saturated rings. The molecule has 0 spiro atoms. The van der Waals surface area contributed by atoms with Gasteiger partial charge in [-0.2, -0.15) is 9.78 Å². The van der Waals surface area contributed by atoms with E-state index in [9.17, 15) is 10.1 Å². The van der Waals surface area contributed by atoms with Crippen molar-refractivity contribution in [1.82, 2.24) is 0 Å².